The summed E-state index contributed by atoms with van der Waals surface area (Å²) >= 11 is 0. The van der Waals surface area contributed by atoms with Crippen molar-refractivity contribution in [1.29, 1.82) is 0 Å². The van der Waals surface area contributed by atoms with E-state index in [1.54, 1.807) is 12.3 Å². The highest BCUT2D eigenvalue weighted by Crippen LogP contribution is 2.26. The Kier molecular flexibility index (Phi) is 3.09. The average Bonchev–Trinajstić information content (AvgIpc) is 2.32. The van der Waals surface area contributed by atoms with Crippen LogP contribution in [0.3, 0.4) is 0 Å². The molecule has 0 spiro atoms. The number of carbonyl (C=O) groups is 1. The number of benzene rings is 1. The zero-order valence-electron chi connectivity index (χ0n) is 9.31. The molecule has 0 aliphatic heterocycles. The highest BCUT2D eigenvalue weighted by molar-refractivity contribution is 5.98. The summed E-state index contributed by atoms with van der Waals surface area (Å²) in [6.45, 7) is 0.503. The molecule has 0 fully saturated rings. The largest absolute Gasteiger partial charge is 0.397 e. The van der Waals surface area contributed by atoms with Crippen molar-refractivity contribution in [2.45, 2.75) is 6.42 Å². The van der Waals surface area contributed by atoms with Crippen LogP contribution in [0.4, 0.5) is 11.4 Å². The second-order valence-corrected chi connectivity index (χ2v) is 3.75. The van der Waals surface area contributed by atoms with Crippen molar-refractivity contribution >= 4 is 28.2 Å². The number of pyridine rings is 1. The molecule has 1 heterocycles. The maximum absolute atomic E-state index is 10.7. The van der Waals surface area contributed by atoms with Crippen LogP contribution in [0, 0.1) is 0 Å². The first-order valence-corrected chi connectivity index (χ1v) is 5.34. The first-order valence-electron chi connectivity index (χ1n) is 5.34. The van der Waals surface area contributed by atoms with Crippen LogP contribution in [-0.2, 0) is 4.79 Å². The molecule has 1 aromatic heterocycles. The molecule has 0 radical (unpaired) electrons. The van der Waals surface area contributed by atoms with Crippen molar-refractivity contribution in [2.24, 2.45) is 5.73 Å². The van der Waals surface area contributed by atoms with Crippen LogP contribution in [-0.4, -0.2) is 17.4 Å². The highest BCUT2D eigenvalue weighted by atomic mass is 16.1. The van der Waals surface area contributed by atoms with E-state index in [0.717, 1.165) is 16.6 Å². The SMILES string of the molecule is NC(=O)CCNc1ccc(N)c2ncccc12. The van der Waals surface area contributed by atoms with E-state index in [-0.39, 0.29) is 5.91 Å². The molecule has 1 amide bonds. The van der Waals surface area contributed by atoms with Crippen molar-refractivity contribution in [2.75, 3.05) is 17.6 Å². The van der Waals surface area contributed by atoms with Gasteiger partial charge in [-0.1, -0.05) is 0 Å². The van der Waals surface area contributed by atoms with E-state index >= 15 is 0 Å². The quantitative estimate of drug-likeness (QED) is 0.685. The minimum absolute atomic E-state index is 0.298. The van der Waals surface area contributed by atoms with Crippen molar-refractivity contribution in [3.05, 3.63) is 30.5 Å². The Morgan fingerprint density at radius 2 is 2.18 bits per heavy atom. The predicted octanol–water partition coefficient (Wildman–Crippen LogP) is 1.10. The Bertz CT molecular complexity index is 553. The number of nitrogens with two attached hydrogens (primary N) is 2. The van der Waals surface area contributed by atoms with Gasteiger partial charge in [-0.05, 0) is 24.3 Å². The topological polar surface area (TPSA) is 94.0 Å². The molecule has 0 saturated heterocycles. The number of nitrogen functional groups attached to an aromatic ring is 1. The van der Waals surface area contributed by atoms with Crippen LogP contribution in [0.15, 0.2) is 30.5 Å². The molecule has 0 atom stereocenters. The van der Waals surface area contributed by atoms with E-state index < -0.39 is 0 Å². The van der Waals surface area contributed by atoms with Gasteiger partial charge in [0.25, 0.3) is 0 Å². The number of hydrogen-bond acceptors (Lipinski definition) is 4. The van der Waals surface area contributed by atoms with Gasteiger partial charge in [-0.3, -0.25) is 9.78 Å². The fourth-order valence-electron chi connectivity index (χ4n) is 1.67. The number of anilines is 2. The first-order chi connectivity index (χ1) is 8.18. The van der Waals surface area contributed by atoms with Gasteiger partial charge in [0.1, 0.15) is 0 Å². The molecule has 2 rings (SSSR count). The Hall–Kier alpha value is -2.30. The number of amides is 1. The number of nitrogens with zero attached hydrogens (tertiary/aromatic N) is 1. The average molecular weight is 230 g/mol. The lowest BCUT2D eigenvalue weighted by molar-refractivity contribution is -0.117. The minimum atomic E-state index is -0.324. The molecule has 0 saturated carbocycles. The third-order valence-electron chi connectivity index (χ3n) is 2.49. The van der Waals surface area contributed by atoms with Crippen LogP contribution in [0.5, 0.6) is 0 Å². The van der Waals surface area contributed by atoms with Gasteiger partial charge < -0.3 is 16.8 Å². The van der Waals surface area contributed by atoms with Gasteiger partial charge in [-0.2, -0.15) is 0 Å². The van der Waals surface area contributed by atoms with Crippen LogP contribution in [0.2, 0.25) is 0 Å². The molecule has 1 aromatic carbocycles. The van der Waals surface area contributed by atoms with Crippen LogP contribution >= 0.6 is 0 Å². The summed E-state index contributed by atoms with van der Waals surface area (Å²) < 4.78 is 0. The third-order valence-corrected chi connectivity index (χ3v) is 2.49. The summed E-state index contributed by atoms with van der Waals surface area (Å²) in [6.07, 6.45) is 2.00. The Morgan fingerprint density at radius 3 is 2.94 bits per heavy atom. The van der Waals surface area contributed by atoms with Gasteiger partial charge in [-0.15, -0.1) is 0 Å². The third kappa shape index (κ3) is 2.44. The molecule has 5 heteroatoms. The highest BCUT2D eigenvalue weighted by Gasteiger charge is 2.04. The lowest BCUT2D eigenvalue weighted by atomic mass is 10.1. The molecule has 5 N–H and O–H groups in total. The van der Waals surface area contributed by atoms with E-state index in [1.807, 2.05) is 18.2 Å². The summed E-state index contributed by atoms with van der Waals surface area (Å²) in [6, 6.07) is 7.45. The van der Waals surface area contributed by atoms with Crippen molar-refractivity contribution in [3.63, 3.8) is 0 Å². The maximum atomic E-state index is 10.7. The number of nitrogens with one attached hydrogen (secondary N) is 1. The van der Waals surface area contributed by atoms with Gasteiger partial charge in [0.05, 0.1) is 11.2 Å². The number of fused-ring (bicyclic) bond motifs is 1. The van der Waals surface area contributed by atoms with Gasteiger partial charge in [0.2, 0.25) is 5.91 Å². The van der Waals surface area contributed by atoms with Crippen molar-refractivity contribution in [3.8, 4) is 0 Å². The summed E-state index contributed by atoms with van der Waals surface area (Å²) in [5.41, 5.74) is 13.2. The molecule has 17 heavy (non-hydrogen) atoms. The van der Waals surface area contributed by atoms with Gasteiger partial charge in [0.15, 0.2) is 0 Å². The molecule has 0 aliphatic rings. The standard InChI is InChI=1S/C12H14N4O/c13-9-3-4-10(15-7-5-11(14)17)8-2-1-6-16-12(8)9/h1-4,6,15H,5,7,13H2,(H2,14,17). The monoisotopic (exact) mass is 230 g/mol. The molecule has 0 bridgehead atoms. The Labute approximate surface area is 98.8 Å². The maximum Gasteiger partial charge on any atom is 0.219 e. The van der Waals surface area contributed by atoms with Crippen molar-refractivity contribution in [1.82, 2.24) is 4.98 Å². The van der Waals surface area contributed by atoms with Crippen LogP contribution in [0.1, 0.15) is 6.42 Å². The van der Waals surface area contributed by atoms with Crippen LogP contribution < -0.4 is 16.8 Å². The number of hydrogen-bond donors (Lipinski definition) is 3. The van der Waals surface area contributed by atoms with E-state index in [9.17, 15) is 4.79 Å². The van der Waals surface area contributed by atoms with Gasteiger partial charge in [-0.25, -0.2) is 0 Å². The molecule has 0 unspecified atom stereocenters. The normalized spacial score (nSPS) is 10.4. The predicted molar refractivity (Wildman–Crippen MR) is 68.5 cm³/mol. The lowest BCUT2D eigenvalue weighted by Crippen LogP contribution is -2.15. The Balaban J connectivity index is 2.28. The zero-order valence-corrected chi connectivity index (χ0v) is 9.31. The lowest BCUT2D eigenvalue weighted by Gasteiger charge is -2.09. The van der Waals surface area contributed by atoms with E-state index in [0.29, 0.717) is 18.7 Å². The fraction of sp³-hybridized carbons (Fsp3) is 0.167. The molecule has 0 aliphatic carbocycles. The molecular weight excluding hydrogens is 216 g/mol. The van der Waals surface area contributed by atoms with E-state index in [1.165, 1.54) is 0 Å². The number of carbonyl (C=O) groups excluding carboxylic acids is 1. The molecular formula is C12H14N4O. The summed E-state index contributed by atoms with van der Waals surface area (Å²) in [4.78, 5) is 14.9. The fourth-order valence-corrected chi connectivity index (χ4v) is 1.67. The van der Waals surface area contributed by atoms with Gasteiger partial charge >= 0.3 is 0 Å². The molecule has 2 aromatic rings. The van der Waals surface area contributed by atoms with Crippen LogP contribution in [0.25, 0.3) is 10.9 Å². The second kappa shape index (κ2) is 4.69. The first kappa shape index (κ1) is 11.2. The summed E-state index contributed by atoms with van der Waals surface area (Å²) in [5.74, 6) is -0.324. The number of rotatable bonds is 4. The van der Waals surface area contributed by atoms with E-state index in [4.69, 9.17) is 11.5 Å². The number of aromatic nitrogens is 1. The molecule has 5 nitrogen and oxygen atoms in total. The second-order valence-electron chi connectivity index (χ2n) is 3.75. The van der Waals surface area contributed by atoms with E-state index in [2.05, 4.69) is 10.3 Å². The summed E-state index contributed by atoms with van der Waals surface area (Å²) in [5, 5.41) is 4.09. The van der Waals surface area contributed by atoms with Gasteiger partial charge in [0, 0.05) is 30.2 Å². The van der Waals surface area contributed by atoms with Crippen molar-refractivity contribution < 1.29 is 4.79 Å². The minimum Gasteiger partial charge on any atom is -0.397 e. The number of primary amides is 1. The molecule has 88 valence electrons. The zero-order chi connectivity index (χ0) is 12.3. The summed E-state index contributed by atoms with van der Waals surface area (Å²) in [7, 11) is 0. The Morgan fingerprint density at radius 1 is 1.35 bits per heavy atom. The smallest absolute Gasteiger partial charge is 0.219 e.